The number of anilines is 1. The smallest absolute Gasteiger partial charge is 0.236 e. The Labute approximate surface area is 140 Å². The first-order valence-corrected chi connectivity index (χ1v) is 8.72. The molecule has 0 fully saturated rings. The van der Waals surface area contributed by atoms with Gasteiger partial charge in [-0.05, 0) is 18.2 Å². The number of thiazole rings is 1. The molecule has 0 aliphatic rings. The number of hydrogen-bond acceptors (Lipinski definition) is 8. The Bertz CT molecular complexity index is 830. The molecule has 0 unspecified atom stereocenters. The number of thioether (sulfide) groups is 1. The van der Waals surface area contributed by atoms with Gasteiger partial charge in [0.25, 0.3) is 0 Å². The van der Waals surface area contributed by atoms with E-state index in [1.165, 1.54) is 23.1 Å². The van der Waals surface area contributed by atoms with E-state index >= 15 is 0 Å². The van der Waals surface area contributed by atoms with Crippen LogP contribution in [0.25, 0.3) is 10.2 Å². The van der Waals surface area contributed by atoms with E-state index in [-0.39, 0.29) is 5.91 Å². The summed E-state index contributed by atoms with van der Waals surface area (Å²) in [6, 6.07) is 5.61. The van der Waals surface area contributed by atoms with Gasteiger partial charge in [-0.3, -0.25) is 4.79 Å². The van der Waals surface area contributed by atoms with Crippen LogP contribution >= 0.6 is 23.1 Å². The molecule has 9 heteroatoms. The van der Waals surface area contributed by atoms with Crippen LogP contribution in [0.15, 0.2) is 22.7 Å². The van der Waals surface area contributed by atoms with Crippen LogP contribution in [0.2, 0.25) is 0 Å². The van der Waals surface area contributed by atoms with Gasteiger partial charge in [0.2, 0.25) is 11.8 Å². The van der Waals surface area contributed by atoms with Gasteiger partial charge >= 0.3 is 0 Å². The lowest BCUT2D eigenvalue weighted by atomic mass is 10.3. The summed E-state index contributed by atoms with van der Waals surface area (Å²) in [5.41, 5.74) is 0.834. The van der Waals surface area contributed by atoms with Crippen molar-refractivity contribution in [3.63, 3.8) is 0 Å². The molecule has 3 rings (SSSR count). The maximum absolute atomic E-state index is 12.0. The lowest BCUT2D eigenvalue weighted by Gasteiger charge is -1.99. The maximum Gasteiger partial charge on any atom is 0.236 e. The van der Waals surface area contributed by atoms with Crippen molar-refractivity contribution >= 4 is 44.4 Å². The average Bonchev–Trinajstić information content (AvgIpc) is 3.11. The molecule has 0 radical (unpaired) electrons. The molecule has 120 valence electrons. The molecule has 1 aromatic carbocycles. The highest BCUT2D eigenvalue weighted by molar-refractivity contribution is 7.99. The first-order chi connectivity index (χ1) is 11.1. The second-order valence-corrected chi connectivity index (χ2v) is 6.64. The Kier molecular flexibility index (Phi) is 4.77. The Morgan fingerprint density at radius 2 is 2.30 bits per heavy atom. The van der Waals surface area contributed by atoms with Gasteiger partial charge in [0, 0.05) is 6.92 Å². The maximum atomic E-state index is 12.0. The van der Waals surface area contributed by atoms with Crippen LogP contribution in [0, 0.1) is 6.92 Å². The van der Waals surface area contributed by atoms with Crippen molar-refractivity contribution in [2.24, 2.45) is 0 Å². The van der Waals surface area contributed by atoms with Crippen LogP contribution in [-0.4, -0.2) is 33.9 Å². The van der Waals surface area contributed by atoms with E-state index in [9.17, 15) is 4.79 Å². The Morgan fingerprint density at radius 1 is 1.43 bits per heavy atom. The first-order valence-electron chi connectivity index (χ1n) is 6.75. The fraction of sp³-hybridized carbons (Fsp3) is 0.286. The summed E-state index contributed by atoms with van der Waals surface area (Å²) in [5.74, 6) is 2.60. The van der Waals surface area contributed by atoms with Gasteiger partial charge in [0.1, 0.15) is 5.75 Å². The van der Waals surface area contributed by atoms with Gasteiger partial charge in [-0.25, -0.2) is 4.98 Å². The SMILES string of the molecule is COc1ccc2nc(NC(=O)CSCc3noc(C)n3)sc2c1. The van der Waals surface area contributed by atoms with Crippen molar-refractivity contribution in [1.82, 2.24) is 15.1 Å². The third-order valence-corrected chi connectivity index (χ3v) is 4.74. The van der Waals surface area contributed by atoms with Crippen molar-refractivity contribution < 1.29 is 14.1 Å². The number of carbonyl (C=O) groups is 1. The zero-order chi connectivity index (χ0) is 16.2. The monoisotopic (exact) mass is 350 g/mol. The molecule has 7 nitrogen and oxygen atoms in total. The Morgan fingerprint density at radius 3 is 3.04 bits per heavy atom. The molecule has 23 heavy (non-hydrogen) atoms. The molecule has 1 amide bonds. The van der Waals surface area contributed by atoms with Crippen molar-refractivity contribution in [3.8, 4) is 5.75 Å². The van der Waals surface area contributed by atoms with Crippen LogP contribution in [-0.2, 0) is 10.5 Å². The number of carbonyl (C=O) groups excluding carboxylic acids is 1. The van der Waals surface area contributed by atoms with Gasteiger partial charge < -0.3 is 14.6 Å². The van der Waals surface area contributed by atoms with E-state index in [1.54, 1.807) is 14.0 Å². The summed E-state index contributed by atoms with van der Waals surface area (Å²) in [6.07, 6.45) is 0. The first kappa shape index (κ1) is 15.8. The largest absolute Gasteiger partial charge is 0.497 e. The molecule has 0 spiro atoms. The quantitative estimate of drug-likeness (QED) is 0.731. The number of aromatic nitrogens is 3. The standard InChI is InChI=1S/C14H14N4O3S2/c1-8-15-12(18-21-8)6-22-7-13(19)17-14-16-10-4-3-9(20-2)5-11(10)23-14/h3-5H,6-7H2,1-2H3,(H,16,17,19). The normalized spacial score (nSPS) is 10.9. The van der Waals surface area contributed by atoms with Crippen molar-refractivity contribution in [2.75, 3.05) is 18.2 Å². The minimum absolute atomic E-state index is 0.110. The number of nitrogens with zero attached hydrogens (tertiary/aromatic N) is 3. The summed E-state index contributed by atoms with van der Waals surface area (Å²) in [7, 11) is 1.62. The number of aryl methyl sites for hydroxylation is 1. The van der Waals surface area contributed by atoms with Gasteiger partial charge in [0.15, 0.2) is 11.0 Å². The second-order valence-electron chi connectivity index (χ2n) is 4.62. The Hall–Kier alpha value is -2.13. The third-order valence-electron chi connectivity index (χ3n) is 2.88. The molecular formula is C14H14N4O3S2. The molecule has 0 aliphatic carbocycles. The zero-order valence-electron chi connectivity index (χ0n) is 12.5. The number of benzene rings is 1. The highest BCUT2D eigenvalue weighted by atomic mass is 32.2. The molecule has 3 aromatic rings. The van der Waals surface area contributed by atoms with Crippen LogP contribution in [0.3, 0.4) is 0 Å². The number of methoxy groups -OCH3 is 1. The predicted octanol–water partition coefficient (Wildman–Crippen LogP) is 2.87. The van der Waals surface area contributed by atoms with E-state index in [0.29, 0.717) is 28.4 Å². The highest BCUT2D eigenvalue weighted by Crippen LogP contribution is 2.29. The van der Waals surface area contributed by atoms with Crippen molar-refractivity contribution in [1.29, 1.82) is 0 Å². The fourth-order valence-corrected chi connectivity index (χ4v) is 3.45. The van der Waals surface area contributed by atoms with Crippen LogP contribution in [0.5, 0.6) is 5.75 Å². The number of ether oxygens (including phenoxy) is 1. The third kappa shape index (κ3) is 3.99. The minimum atomic E-state index is -0.110. The summed E-state index contributed by atoms with van der Waals surface area (Å²) in [4.78, 5) is 20.4. The van der Waals surface area contributed by atoms with E-state index in [4.69, 9.17) is 9.26 Å². The molecular weight excluding hydrogens is 336 g/mol. The molecule has 2 heterocycles. The summed E-state index contributed by atoms with van der Waals surface area (Å²) in [5, 5.41) is 7.16. The van der Waals surface area contributed by atoms with Gasteiger partial charge in [-0.15, -0.1) is 11.8 Å². The van der Waals surface area contributed by atoms with Crippen LogP contribution < -0.4 is 10.1 Å². The minimum Gasteiger partial charge on any atom is -0.497 e. The summed E-state index contributed by atoms with van der Waals surface area (Å²) in [6.45, 7) is 1.73. The number of amides is 1. The molecule has 0 aliphatic heterocycles. The lowest BCUT2D eigenvalue weighted by Crippen LogP contribution is -2.13. The number of fused-ring (bicyclic) bond motifs is 1. The van der Waals surface area contributed by atoms with E-state index < -0.39 is 0 Å². The fourth-order valence-electron chi connectivity index (χ4n) is 1.88. The summed E-state index contributed by atoms with van der Waals surface area (Å²) >= 11 is 2.84. The molecule has 0 saturated carbocycles. The van der Waals surface area contributed by atoms with Gasteiger partial charge in [0.05, 0.1) is 28.8 Å². The highest BCUT2D eigenvalue weighted by Gasteiger charge is 2.10. The van der Waals surface area contributed by atoms with Gasteiger partial charge in [-0.1, -0.05) is 16.5 Å². The van der Waals surface area contributed by atoms with Crippen molar-refractivity contribution in [3.05, 3.63) is 29.9 Å². The number of nitrogens with one attached hydrogen (secondary N) is 1. The van der Waals surface area contributed by atoms with E-state index in [2.05, 4.69) is 20.4 Å². The number of hydrogen-bond donors (Lipinski definition) is 1. The molecule has 0 atom stereocenters. The van der Waals surface area contributed by atoms with Gasteiger partial charge in [-0.2, -0.15) is 4.98 Å². The molecule has 0 bridgehead atoms. The van der Waals surface area contributed by atoms with Crippen LogP contribution in [0.1, 0.15) is 11.7 Å². The summed E-state index contributed by atoms with van der Waals surface area (Å²) < 4.78 is 11.0. The number of rotatable bonds is 6. The van der Waals surface area contributed by atoms with Crippen LogP contribution in [0.4, 0.5) is 5.13 Å². The lowest BCUT2D eigenvalue weighted by molar-refractivity contribution is -0.113. The second kappa shape index (κ2) is 6.97. The topological polar surface area (TPSA) is 90.1 Å². The van der Waals surface area contributed by atoms with E-state index in [1.807, 2.05) is 18.2 Å². The molecule has 0 saturated heterocycles. The average molecular weight is 350 g/mol. The molecule has 1 N–H and O–H groups in total. The van der Waals surface area contributed by atoms with Crippen molar-refractivity contribution in [2.45, 2.75) is 12.7 Å². The predicted molar refractivity (Wildman–Crippen MR) is 90.0 cm³/mol. The zero-order valence-corrected chi connectivity index (χ0v) is 14.2. The Balaban J connectivity index is 1.55. The molecule has 2 aromatic heterocycles. The van der Waals surface area contributed by atoms with E-state index in [0.717, 1.165) is 16.0 Å².